The smallest absolute Gasteiger partial charge is 0.243 e. The Labute approximate surface area is 107 Å². The fourth-order valence-corrected chi connectivity index (χ4v) is 2.83. The minimum absolute atomic E-state index is 0.118. The van der Waals surface area contributed by atoms with Gasteiger partial charge in [0.05, 0.1) is 12.1 Å². The molecule has 0 aliphatic carbocycles. The molecule has 3 fully saturated rings. The minimum atomic E-state index is -0.118. The van der Waals surface area contributed by atoms with Crippen LogP contribution in [0.2, 0.25) is 0 Å². The zero-order valence-electron chi connectivity index (χ0n) is 10.9. The van der Waals surface area contributed by atoms with E-state index in [4.69, 9.17) is 10.3 Å². The maximum atomic E-state index is 6.00. The summed E-state index contributed by atoms with van der Waals surface area (Å²) in [4.78, 5) is 9.41. The van der Waals surface area contributed by atoms with Crippen molar-refractivity contribution in [3.8, 4) is 0 Å². The van der Waals surface area contributed by atoms with Gasteiger partial charge in [0.1, 0.15) is 0 Å². The lowest BCUT2D eigenvalue weighted by Gasteiger charge is -2.46. The summed E-state index contributed by atoms with van der Waals surface area (Å²) < 4.78 is 5.31. The lowest BCUT2D eigenvalue weighted by atomic mass is 10.1. The molecule has 0 amide bonds. The first-order valence-electron chi connectivity index (χ1n) is 6.83. The Kier molecular flexibility index (Phi) is 3.32. The highest BCUT2D eigenvalue weighted by atomic mass is 16.5. The van der Waals surface area contributed by atoms with Crippen LogP contribution in [0.4, 0.5) is 0 Å². The third kappa shape index (κ3) is 2.15. The van der Waals surface area contributed by atoms with E-state index in [2.05, 4.69) is 26.9 Å². The lowest BCUT2D eigenvalue weighted by molar-refractivity contribution is 0.00781. The molecule has 2 atom stereocenters. The summed E-state index contributed by atoms with van der Waals surface area (Å²) in [6.07, 6.45) is 1.92. The molecule has 1 aromatic heterocycles. The molecule has 18 heavy (non-hydrogen) atoms. The third-order valence-corrected chi connectivity index (χ3v) is 3.95. The van der Waals surface area contributed by atoms with Gasteiger partial charge in [-0.25, -0.2) is 0 Å². The van der Waals surface area contributed by atoms with Gasteiger partial charge in [0.15, 0.2) is 5.82 Å². The van der Waals surface area contributed by atoms with Crippen molar-refractivity contribution in [1.29, 1.82) is 0 Å². The molecule has 6 heteroatoms. The Morgan fingerprint density at radius 3 is 2.78 bits per heavy atom. The Morgan fingerprint density at radius 1 is 1.39 bits per heavy atom. The maximum absolute atomic E-state index is 6.00. The summed E-state index contributed by atoms with van der Waals surface area (Å²) in [5.41, 5.74) is 6.00. The second-order valence-corrected chi connectivity index (χ2v) is 5.24. The van der Waals surface area contributed by atoms with Crippen LogP contribution in [-0.4, -0.2) is 52.7 Å². The number of rotatable bonds is 4. The fraction of sp³-hybridized carbons (Fsp3) is 0.833. The van der Waals surface area contributed by atoms with Crippen LogP contribution in [0.1, 0.15) is 43.6 Å². The Balaban J connectivity index is 1.73. The molecule has 0 aromatic carbocycles. The van der Waals surface area contributed by atoms with E-state index in [1.165, 1.54) is 0 Å². The van der Waals surface area contributed by atoms with Crippen molar-refractivity contribution in [2.24, 2.45) is 5.73 Å². The van der Waals surface area contributed by atoms with E-state index in [1.54, 1.807) is 0 Å². The van der Waals surface area contributed by atoms with E-state index < -0.39 is 0 Å². The molecule has 2 bridgehead atoms. The molecule has 0 radical (unpaired) electrons. The fourth-order valence-electron chi connectivity index (χ4n) is 2.83. The quantitative estimate of drug-likeness (QED) is 0.842. The zero-order chi connectivity index (χ0) is 12.5. The van der Waals surface area contributed by atoms with Crippen molar-refractivity contribution in [2.75, 3.05) is 32.7 Å². The van der Waals surface area contributed by atoms with Crippen LogP contribution in [0.5, 0.6) is 0 Å². The SMILES string of the molecule is CCCC(N)c1nc(C2CN3CCN2CC3)no1. The van der Waals surface area contributed by atoms with Gasteiger partial charge in [-0.3, -0.25) is 9.80 Å². The van der Waals surface area contributed by atoms with Gasteiger partial charge in [0.2, 0.25) is 5.89 Å². The molecule has 0 saturated carbocycles. The normalized spacial score (nSPS) is 32.7. The van der Waals surface area contributed by atoms with Crippen LogP contribution in [0.15, 0.2) is 4.52 Å². The topological polar surface area (TPSA) is 71.4 Å². The highest BCUT2D eigenvalue weighted by Crippen LogP contribution is 2.27. The average molecular weight is 251 g/mol. The molecule has 0 spiro atoms. The summed E-state index contributed by atoms with van der Waals surface area (Å²) >= 11 is 0. The minimum Gasteiger partial charge on any atom is -0.338 e. The van der Waals surface area contributed by atoms with Crippen LogP contribution in [0, 0.1) is 0 Å². The van der Waals surface area contributed by atoms with Gasteiger partial charge in [-0.15, -0.1) is 0 Å². The van der Waals surface area contributed by atoms with Gasteiger partial charge in [0, 0.05) is 32.7 Å². The van der Waals surface area contributed by atoms with Gasteiger partial charge in [0.25, 0.3) is 0 Å². The Morgan fingerprint density at radius 2 is 2.17 bits per heavy atom. The van der Waals surface area contributed by atoms with E-state index >= 15 is 0 Å². The second kappa shape index (κ2) is 4.95. The molecular formula is C12H21N5O. The van der Waals surface area contributed by atoms with Gasteiger partial charge >= 0.3 is 0 Å². The summed E-state index contributed by atoms with van der Waals surface area (Å²) in [5.74, 6) is 1.39. The summed E-state index contributed by atoms with van der Waals surface area (Å²) in [6.45, 7) is 7.66. The van der Waals surface area contributed by atoms with E-state index in [-0.39, 0.29) is 6.04 Å². The van der Waals surface area contributed by atoms with Gasteiger partial charge in [-0.1, -0.05) is 18.5 Å². The van der Waals surface area contributed by atoms with Gasteiger partial charge in [-0.2, -0.15) is 4.98 Å². The van der Waals surface area contributed by atoms with Crippen LogP contribution >= 0.6 is 0 Å². The first-order chi connectivity index (χ1) is 8.78. The third-order valence-electron chi connectivity index (χ3n) is 3.95. The van der Waals surface area contributed by atoms with Crippen molar-refractivity contribution in [1.82, 2.24) is 19.9 Å². The lowest BCUT2D eigenvalue weighted by Crippen LogP contribution is -2.57. The molecule has 2 N–H and O–H groups in total. The standard InChI is InChI=1S/C12H21N5O/c1-2-3-9(13)12-14-11(15-18-12)10-8-16-4-6-17(10)7-5-16/h9-10H,2-8,13H2,1H3. The predicted molar refractivity (Wildman–Crippen MR) is 66.9 cm³/mol. The number of hydrogen-bond donors (Lipinski definition) is 1. The number of fused-ring (bicyclic) bond motifs is 3. The molecule has 3 aliphatic heterocycles. The highest BCUT2D eigenvalue weighted by Gasteiger charge is 2.35. The number of piperazine rings is 3. The first-order valence-corrected chi connectivity index (χ1v) is 6.83. The Bertz CT molecular complexity index is 399. The number of hydrogen-bond acceptors (Lipinski definition) is 6. The predicted octanol–water partition coefficient (Wildman–Crippen LogP) is 0.542. The summed E-state index contributed by atoms with van der Waals surface area (Å²) in [7, 11) is 0. The molecule has 2 unspecified atom stereocenters. The van der Waals surface area contributed by atoms with Crippen molar-refractivity contribution in [2.45, 2.75) is 31.8 Å². The van der Waals surface area contributed by atoms with Crippen molar-refractivity contribution in [3.05, 3.63) is 11.7 Å². The highest BCUT2D eigenvalue weighted by molar-refractivity contribution is 5.02. The summed E-state index contributed by atoms with van der Waals surface area (Å²) in [5, 5.41) is 4.13. The Hall–Kier alpha value is -0.980. The molecule has 3 saturated heterocycles. The van der Waals surface area contributed by atoms with Gasteiger partial charge < -0.3 is 10.3 Å². The van der Waals surface area contributed by atoms with Crippen molar-refractivity contribution in [3.63, 3.8) is 0 Å². The van der Waals surface area contributed by atoms with E-state index in [0.717, 1.165) is 51.4 Å². The average Bonchev–Trinajstić information content (AvgIpc) is 2.90. The van der Waals surface area contributed by atoms with E-state index in [0.29, 0.717) is 11.9 Å². The molecule has 100 valence electrons. The van der Waals surface area contributed by atoms with Crippen LogP contribution in [-0.2, 0) is 0 Å². The van der Waals surface area contributed by atoms with Crippen LogP contribution < -0.4 is 5.73 Å². The molecule has 3 aliphatic rings. The van der Waals surface area contributed by atoms with Crippen LogP contribution in [0.25, 0.3) is 0 Å². The summed E-state index contributed by atoms with van der Waals surface area (Å²) in [6, 6.07) is 0.172. The molecular weight excluding hydrogens is 230 g/mol. The molecule has 6 nitrogen and oxygen atoms in total. The van der Waals surface area contributed by atoms with Crippen LogP contribution in [0.3, 0.4) is 0 Å². The van der Waals surface area contributed by atoms with E-state index in [9.17, 15) is 0 Å². The number of aromatic nitrogens is 2. The van der Waals surface area contributed by atoms with Crippen molar-refractivity contribution >= 4 is 0 Å². The largest absolute Gasteiger partial charge is 0.338 e. The second-order valence-electron chi connectivity index (χ2n) is 5.24. The maximum Gasteiger partial charge on any atom is 0.243 e. The monoisotopic (exact) mass is 251 g/mol. The van der Waals surface area contributed by atoms with Crippen molar-refractivity contribution < 1.29 is 4.52 Å². The van der Waals surface area contributed by atoms with Gasteiger partial charge in [-0.05, 0) is 6.42 Å². The number of nitrogens with zero attached hydrogens (tertiary/aromatic N) is 4. The zero-order valence-corrected chi connectivity index (χ0v) is 10.9. The molecule has 4 rings (SSSR count). The van der Waals surface area contributed by atoms with E-state index in [1.807, 2.05) is 0 Å². The molecule has 1 aromatic rings. The first kappa shape index (κ1) is 12.1. The number of nitrogens with two attached hydrogens (primary N) is 1. The molecule has 4 heterocycles.